The molecule has 0 saturated heterocycles. The Bertz CT molecular complexity index is 3710. The third kappa shape index (κ3) is 7.02. The summed E-state index contributed by atoms with van der Waals surface area (Å²) >= 11 is 0. The molecule has 304 valence electrons. The fourth-order valence-corrected chi connectivity index (χ4v) is 9.07. The van der Waals surface area contributed by atoms with Gasteiger partial charge in [0.25, 0.3) is 0 Å². The van der Waals surface area contributed by atoms with Crippen LogP contribution in [0.15, 0.2) is 237 Å². The summed E-state index contributed by atoms with van der Waals surface area (Å²) in [5, 5.41) is 2.12. The molecule has 0 bridgehead atoms. The van der Waals surface area contributed by atoms with E-state index < -0.39 is 0 Å². The van der Waals surface area contributed by atoms with Crippen molar-refractivity contribution < 1.29 is 0 Å². The second-order valence-corrected chi connectivity index (χ2v) is 16.2. The van der Waals surface area contributed by atoms with Gasteiger partial charge in [0, 0.05) is 38.7 Å². The molecule has 12 rings (SSSR count). The molecule has 5 heteroatoms. The number of aromatic nitrogens is 5. The van der Waals surface area contributed by atoms with Crippen LogP contribution in [0.3, 0.4) is 0 Å². The Morgan fingerprint density at radius 3 is 1.25 bits per heavy atom. The molecule has 0 saturated carbocycles. The van der Waals surface area contributed by atoms with E-state index in [4.69, 9.17) is 19.9 Å². The van der Waals surface area contributed by atoms with E-state index in [2.05, 4.69) is 217 Å². The molecule has 3 heterocycles. The number of nitrogens with zero attached hydrogens (tertiary/aromatic N) is 5. The predicted octanol–water partition coefficient (Wildman–Crippen LogP) is 15.2. The number of rotatable bonds is 8. The Balaban J connectivity index is 0.907. The molecular weight excluding hydrogens is 791 g/mol. The second-order valence-electron chi connectivity index (χ2n) is 16.2. The fourth-order valence-electron chi connectivity index (χ4n) is 9.07. The smallest absolute Gasteiger partial charge is 0.160 e. The van der Waals surface area contributed by atoms with E-state index in [1.807, 2.05) is 24.3 Å². The van der Waals surface area contributed by atoms with Gasteiger partial charge in [0.15, 0.2) is 11.6 Å². The third-order valence-corrected chi connectivity index (χ3v) is 12.2. The van der Waals surface area contributed by atoms with Gasteiger partial charge in [-0.15, -0.1) is 0 Å². The molecule has 65 heavy (non-hydrogen) atoms. The van der Waals surface area contributed by atoms with Gasteiger partial charge >= 0.3 is 0 Å². The van der Waals surface area contributed by atoms with Crippen LogP contribution in [0.2, 0.25) is 0 Å². The molecule has 0 amide bonds. The number of para-hydroxylation sites is 3. The van der Waals surface area contributed by atoms with Crippen LogP contribution in [0, 0.1) is 0 Å². The molecule has 0 aliphatic heterocycles. The highest BCUT2D eigenvalue weighted by Gasteiger charge is 2.21. The van der Waals surface area contributed by atoms with E-state index in [1.165, 1.54) is 0 Å². The van der Waals surface area contributed by atoms with Crippen LogP contribution in [0.1, 0.15) is 0 Å². The quantitative estimate of drug-likeness (QED) is 0.153. The summed E-state index contributed by atoms with van der Waals surface area (Å²) in [6, 6.07) is 82.7. The standard InChI is InChI=1S/C60H39N5/c1-4-18-40(19-5-1)55-51-32-10-12-34-53(51)61-59(62-55)48-28-16-26-46(38-48)44-24-14-22-42(36-44)43-23-15-25-45(37-43)47-27-17-29-49(39-47)60-63-56(41-20-6-2-7-21-41)58-57(64-60)52-33-11-13-35-54(52)65(58)50-30-8-3-9-31-50/h1-39H. The van der Waals surface area contributed by atoms with Crippen LogP contribution in [0.4, 0.5) is 0 Å². The van der Waals surface area contributed by atoms with E-state index in [0.29, 0.717) is 11.6 Å². The monoisotopic (exact) mass is 829 g/mol. The maximum atomic E-state index is 5.38. The van der Waals surface area contributed by atoms with Gasteiger partial charge in [-0.25, -0.2) is 19.9 Å². The summed E-state index contributed by atoms with van der Waals surface area (Å²) in [6.45, 7) is 0. The Morgan fingerprint density at radius 2 is 0.677 bits per heavy atom. The van der Waals surface area contributed by atoms with Crippen LogP contribution in [-0.2, 0) is 0 Å². The molecule has 0 aliphatic carbocycles. The molecule has 0 unspecified atom stereocenters. The molecule has 0 atom stereocenters. The van der Waals surface area contributed by atoms with Gasteiger partial charge in [0.05, 0.1) is 27.9 Å². The third-order valence-electron chi connectivity index (χ3n) is 12.2. The summed E-state index contributed by atoms with van der Waals surface area (Å²) in [4.78, 5) is 20.9. The topological polar surface area (TPSA) is 56.5 Å². The van der Waals surface area contributed by atoms with Gasteiger partial charge in [-0.1, -0.05) is 188 Å². The van der Waals surface area contributed by atoms with E-state index in [9.17, 15) is 0 Å². The van der Waals surface area contributed by atoms with Crippen molar-refractivity contribution in [3.63, 3.8) is 0 Å². The van der Waals surface area contributed by atoms with Crippen LogP contribution in [-0.4, -0.2) is 24.5 Å². The average molecular weight is 830 g/mol. The van der Waals surface area contributed by atoms with Crippen LogP contribution in [0.25, 0.3) is 117 Å². The first kappa shape index (κ1) is 37.9. The van der Waals surface area contributed by atoms with Gasteiger partial charge < -0.3 is 4.57 Å². The van der Waals surface area contributed by atoms with Crippen LogP contribution in [0.5, 0.6) is 0 Å². The first-order chi connectivity index (χ1) is 32.2. The molecule has 3 aromatic heterocycles. The highest BCUT2D eigenvalue weighted by Crippen LogP contribution is 2.39. The van der Waals surface area contributed by atoms with Crippen molar-refractivity contribution in [1.29, 1.82) is 0 Å². The SMILES string of the molecule is c1ccc(-c2nc(-c3cccc(-c4cccc(-c5cccc(-c6cccc(-c7nc(-c8ccccc8)c8c(n7)c7ccccc7n8-c7ccccc7)c6)c5)c4)c3)nc3ccccc23)cc1. The van der Waals surface area contributed by atoms with E-state index in [0.717, 1.165) is 106 Å². The van der Waals surface area contributed by atoms with Crippen molar-refractivity contribution in [1.82, 2.24) is 24.5 Å². The molecule has 0 fully saturated rings. The lowest BCUT2D eigenvalue weighted by Crippen LogP contribution is -1.99. The lowest BCUT2D eigenvalue weighted by atomic mass is 9.95. The number of hydrogen-bond acceptors (Lipinski definition) is 4. The fraction of sp³-hybridized carbons (Fsp3) is 0. The second kappa shape index (κ2) is 16.2. The van der Waals surface area contributed by atoms with Gasteiger partial charge in [0.2, 0.25) is 0 Å². The Morgan fingerprint density at radius 1 is 0.277 bits per heavy atom. The Kier molecular flexibility index (Phi) is 9.42. The minimum Gasteiger partial charge on any atom is -0.306 e. The summed E-state index contributed by atoms with van der Waals surface area (Å²) in [6.07, 6.45) is 0. The maximum absolute atomic E-state index is 5.38. The van der Waals surface area contributed by atoms with Crippen molar-refractivity contribution in [3.8, 4) is 84.4 Å². The van der Waals surface area contributed by atoms with Gasteiger partial charge in [-0.3, -0.25) is 0 Å². The zero-order chi connectivity index (χ0) is 43.1. The van der Waals surface area contributed by atoms with Crippen molar-refractivity contribution >= 4 is 32.8 Å². The van der Waals surface area contributed by atoms with Gasteiger partial charge in [0.1, 0.15) is 5.52 Å². The molecule has 0 radical (unpaired) electrons. The summed E-state index contributed by atoms with van der Waals surface area (Å²) < 4.78 is 2.30. The van der Waals surface area contributed by atoms with Gasteiger partial charge in [-0.2, -0.15) is 0 Å². The van der Waals surface area contributed by atoms with E-state index >= 15 is 0 Å². The minimum absolute atomic E-state index is 0.686. The summed E-state index contributed by atoms with van der Waals surface area (Å²) in [5.41, 5.74) is 17.6. The molecule has 12 aromatic rings. The highest BCUT2D eigenvalue weighted by atomic mass is 15.0. The highest BCUT2D eigenvalue weighted by molar-refractivity contribution is 6.11. The van der Waals surface area contributed by atoms with Crippen molar-refractivity contribution in [2.45, 2.75) is 0 Å². The van der Waals surface area contributed by atoms with E-state index in [1.54, 1.807) is 0 Å². The molecule has 0 spiro atoms. The number of hydrogen-bond donors (Lipinski definition) is 0. The van der Waals surface area contributed by atoms with Crippen molar-refractivity contribution in [2.24, 2.45) is 0 Å². The van der Waals surface area contributed by atoms with Crippen LogP contribution < -0.4 is 0 Å². The maximum Gasteiger partial charge on any atom is 0.160 e. The van der Waals surface area contributed by atoms with Crippen LogP contribution >= 0.6 is 0 Å². The zero-order valence-corrected chi connectivity index (χ0v) is 35.3. The first-order valence-corrected chi connectivity index (χ1v) is 21.9. The first-order valence-electron chi connectivity index (χ1n) is 21.9. The molecule has 5 nitrogen and oxygen atoms in total. The van der Waals surface area contributed by atoms with Crippen molar-refractivity contribution in [3.05, 3.63) is 237 Å². The van der Waals surface area contributed by atoms with Crippen molar-refractivity contribution in [2.75, 3.05) is 0 Å². The normalized spacial score (nSPS) is 11.4. The molecule has 0 N–H and O–H groups in total. The summed E-state index contributed by atoms with van der Waals surface area (Å²) in [7, 11) is 0. The average Bonchev–Trinajstić information content (AvgIpc) is 3.73. The molecule has 0 aliphatic rings. The molecule has 9 aromatic carbocycles. The predicted molar refractivity (Wildman–Crippen MR) is 268 cm³/mol. The molecular formula is C60H39N5. The lowest BCUT2D eigenvalue weighted by Gasteiger charge is -2.13. The van der Waals surface area contributed by atoms with E-state index in [-0.39, 0.29) is 0 Å². The minimum atomic E-state index is 0.686. The number of benzene rings is 9. The summed E-state index contributed by atoms with van der Waals surface area (Å²) in [5.74, 6) is 1.39. The lowest BCUT2D eigenvalue weighted by molar-refractivity contribution is 1.15. The van der Waals surface area contributed by atoms with Gasteiger partial charge in [-0.05, 0) is 81.9 Å². The zero-order valence-electron chi connectivity index (χ0n) is 35.3. The largest absolute Gasteiger partial charge is 0.306 e. The number of fused-ring (bicyclic) bond motifs is 4. The Hall–Kier alpha value is -8.80. The Labute approximate surface area is 376 Å².